The molecule has 1 saturated heterocycles. The van der Waals surface area contributed by atoms with Crippen LogP contribution in [0.2, 0.25) is 0 Å². The lowest BCUT2D eigenvalue weighted by Gasteiger charge is -2.37. The summed E-state index contributed by atoms with van der Waals surface area (Å²) in [7, 11) is 0. The Kier molecular flexibility index (Phi) is 3.03. The molecule has 3 heteroatoms. The fourth-order valence-corrected chi connectivity index (χ4v) is 2.47. The van der Waals surface area contributed by atoms with Gasteiger partial charge in [0.15, 0.2) is 0 Å². The van der Waals surface area contributed by atoms with Gasteiger partial charge in [-0.15, -0.1) is 0 Å². The maximum Gasteiger partial charge on any atom is 0.0653 e. The third-order valence-corrected chi connectivity index (χ3v) is 3.70. The number of anilines is 1. The average Bonchev–Trinajstić information content (AvgIpc) is 2.19. The average molecular weight is 270 g/mol. The molecule has 15 heavy (non-hydrogen) atoms. The van der Waals surface area contributed by atoms with E-state index in [-0.39, 0.29) is 0 Å². The maximum absolute atomic E-state index is 9.87. The molecular weight excluding hydrogens is 254 g/mol. The van der Waals surface area contributed by atoms with E-state index in [1.165, 1.54) is 5.69 Å². The van der Waals surface area contributed by atoms with Gasteiger partial charge in [0.05, 0.1) is 11.3 Å². The second-order valence-electron chi connectivity index (χ2n) is 4.44. The van der Waals surface area contributed by atoms with Gasteiger partial charge in [-0.3, -0.25) is 0 Å². The van der Waals surface area contributed by atoms with E-state index >= 15 is 0 Å². The smallest absolute Gasteiger partial charge is 0.0653 e. The molecule has 0 saturated carbocycles. The molecule has 0 spiro atoms. The van der Waals surface area contributed by atoms with Crippen molar-refractivity contribution in [1.29, 1.82) is 0 Å². The summed E-state index contributed by atoms with van der Waals surface area (Å²) in [6, 6.07) is 8.24. The molecule has 0 amide bonds. The third-order valence-electron chi connectivity index (χ3n) is 3.03. The van der Waals surface area contributed by atoms with Gasteiger partial charge in [0.2, 0.25) is 0 Å². The summed E-state index contributed by atoms with van der Waals surface area (Å²) in [5.74, 6) is 0. The number of benzene rings is 1. The Balaban J connectivity index is 2.11. The number of piperidine rings is 1. The summed E-state index contributed by atoms with van der Waals surface area (Å²) in [6.07, 6.45) is 1.68. The lowest BCUT2D eigenvalue weighted by atomic mass is 9.93. The Morgan fingerprint density at radius 1 is 1.27 bits per heavy atom. The van der Waals surface area contributed by atoms with Crippen molar-refractivity contribution in [3.63, 3.8) is 0 Å². The van der Waals surface area contributed by atoms with Crippen LogP contribution in [0.15, 0.2) is 28.7 Å². The number of hydrogen-bond donors (Lipinski definition) is 1. The SMILES string of the molecule is CC1(O)CCN(c2ccccc2Br)CC1. The summed E-state index contributed by atoms with van der Waals surface area (Å²) in [5, 5.41) is 9.87. The normalized spacial score (nSPS) is 20.3. The predicted octanol–water partition coefficient (Wildman–Crippen LogP) is 2.80. The number of nitrogens with zero attached hydrogens (tertiary/aromatic N) is 1. The van der Waals surface area contributed by atoms with Crippen LogP contribution in [0.25, 0.3) is 0 Å². The van der Waals surface area contributed by atoms with Gasteiger partial charge < -0.3 is 10.0 Å². The summed E-state index contributed by atoms with van der Waals surface area (Å²) in [6.45, 7) is 3.77. The Morgan fingerprint density at radius 2 is 1.87 bits per heavy atom. The van der Waals surface area contributed by atoms with Gasteiger partial charge in [-0.2, -0.15) is 0 Å². The van der Waals surface area contributed by atoms with Crippen LogP contribution >= 0.6 is 15.9 Å². The fourth-order valence-electron chi connectivity index (χ4n) is 1.94. The first-order chi connectivity index (χ1) is 7.08. The molecule has 0 radical (unpaired) electrons. The Morgan fingerprint density at radius 3 is 2.47 bits per heavy atom. The van der Waals surface area contributed by atoms with E-state index in [9.17, 15) is 5.11 Å². The monoisotopic (exact) mass is 269 g/mol. The van der Waals surface area contributed by atoms with E-state index in [2.05, 4.69) is 33.0 Å². The highest BCUT2D eigenvalue weighted by Gasteiger charge is 2.27. The lowest BCUT2D eigenvalue weighted by molar-refractivity contribution is 0.0351. The zero-order valence-electron chi connectivity index (χ0n) is 8.91. The standard InChI is InChI=1S/C12H16BrNO/c1-12(15)6-8-14(9-7-12)11-5-3-2-4-10(11)13/h2-5,15H,6-9H2,1H3. The first-order valence-corrected chi connectivity index (χ1v) is 6.10. The molecule has 1 fully saturated rings. The van der Waals surface area contributed by atoms with Crippen LogP contribution < -0.4 is 4.90 Å². The van der Waals surface area contributed by atoms with Gasteiger partial charge in [-0.1, -0.05) is 12.1 Å². The molecule has 1 N–H and O–H groups in total. The van der Waals surface area contributed by atoms with Crippen LogP contribution in [0.3, 0.4) is 0 Å². The van der Waals surface area contributed by atoms with E-state index in [1.54, 1.807) is 0 Å². The number of hydrogen-bond acceptors (Lipinski definition) is 2. The van der Waals surface area contributed by atoms with Crippen LogP contribution in [0.1, 0.15) is 19.8 Å². The number of rotatable bonds is 1. The molecule has 0 aliphatic carbocycles. The van der Waals surface area contributed by atoms with Crippen LogP contribution in [0, 0.1) is 0 Å². The lowest BCUT2D eigenvalue weighted by Crippen LogP contribution is -2.42. The van der Waals surface area contributed by atoms with Crippen LogP contribution in [-0.4, -0.2) is 23.8 Å². The highest BCUT2D eigenvalue weighted by Crippen LogP contribution is 2.30. The van der Waals surface area contributed by atoms with Gasteiger partial charge in [0.25, 0.3) is 0 Å². The molecule has 2 nitrogen and oxygen atoms in total. The third kappa shape index (κ3) is 2.52. The number of aliphatic hydroxyl groups is 1. The maximum atomic E-state index is 9.87. The zero-order chi connectivity index (χ0) is 10.9. The summed E-state index contributed by atoms with van der Waals surface area (Å²) in [5.41, 5.74) is 0.755. The molecule has 0 unspecified atom stereocenters. The van der Waals surface area contributed by atoms with Crippen LogP contribution in [0.4, 0.5) is 5.69 Å². The number of halogens is 1. The Hall–Kier alpha value is -0.540. The summed E-state index contributed by atoms with van der Waals surface area (Å²) >= 11 is 3.56. The van der Waals surface area contributed by atoms with Crippen molar-refractivity contribution in [2.75, 3.05) is 18.0 Å². The van der Waals surface area contributed by atoms with E-state index in [1.807, 2.05) is 19.1 Å². The zero-order valence-corrected chi connectivity index (χ0v) is 10.5. The number of para-hydroxylation sites is 1. The van der Waals surface area contributed by atoms with Gasteiger partial charge in [0.1, 0.15) is 0 Å². The minimum Gasteiger partial charge on any atom is -0.390 e. The van der Waals surface area contributed by atoms with E-state index < -0.39 is 5.60 Å². The minimum absolute atomic E-state index is 0.474. The van der Waals surface area contributed by atoms with E-state index in [0.29, 0.717) is 0 Å². The second kappa shape index (κ2) is 4.14. The Bertz CT molecular complexity index is 341. The molecule has 82 valence electrons. The molecule has 0 atom stereocenters. The molecule has 1 heterocycles. The van der Waals surface area contributed by atoms with Crippen molar-refractivity contribution in [2.24, 2.45) is 0 Å². The van der Waals surface area contributed by atoms with Crippen molar-refractivity contribution < 1.29 is 5.11 Å². The summed E-state index contributed by atoms with van der Waals surface area (Å²) < 4.78 is 1.13. The Labute approximate surface area is 99.0 Å². The molecule has 1 aromatic carbocycles. The van der Waals surface area contributed by atoms with Crippen molar-refractivity contribution >= 4 is 21.6 Å². The first kappa shape index (κ1) is 11.0. The summed E-state index contributed by atoms with van der Waals surface area (Å²) in [4.78, 5) is 2.32. The predicted molar refractivity (Wildman–Crippen MR) is 66.2 cm³/mol. The molecule has 1 aliphatic heterocycles. The topological polar surface area (TPSA) is 23.5 Å². The van der Waals surface area contributed by atoms with Crippen molar-refractivity contribution in [3.8, 4) is 0 Å². The van der Waals surface area contributed by atoms with E-state index in [0.717, 1.165) is 30.4 Å². The van der Waals surface area contributed by atoms with E-state index in [4.69, 9.17) is 0 Å². The fraction of sp³-hybridized carbons (Fsp3) is 0.500. The molecule has 0 aromatic heterocycles. The molecule has 2 rings (SSSR count). The van der Waals surface area contributed by atoms with Crippen LogP contribution in [-0.2, 0) is 0 Å². The van der Waals surface area contributed by atoms with Crippen molar-refractivity contribution in [3.05, 3.63) is 28.7 Å². The molecular formula is C12H16BrNO. The first-order valence-electron chi connectivity index (χ1n) is 5.30. The molecule has 1 aromatic rings. The van der Waals surface area contributed by atoms with Gasteiger partial charge in [-0.25, -0.2) is 0 Å². The van der Waals surface area contributed by atoms with Gasteiger partial charge in [-0.05, 0) is 47.8 Å². The highest BCUT2D eigenvalue weighted by molar-refractivity contribution is 9.10. The van der Waals surface area contributed by atoms with Gasteiger partial charge >= 0.3 is 0 Å². The van der Waals surface area contributed by atoms with Crippen LogP contribution in [0.5, 0.6) is 0 Å². The molecule has 1 aliphatic rings. The largest absolute Gasteiger partial charge is 0.390 e. The van der Waals surface area contributed by atoms with Crippen molar-refractivity contribution in [2.45, 2.75) is 25.4 Å². The van der Waals surface area contributed by atoms with Crippen molar-refractivity contribution in [1.82, 2.24) is 0 Å². The molecule has 0 bridgehead atoms. The quantitative estimate of drug-likeness (QED) is 0.848. The highest BCUT2D eigenvalue weighted by atomic mass is 79.9. The minimum atomic E-state index is -0.474. The second-order valence-corrected chi connectivity index (χ2v) is 5.29. The van der Waals surface area contributed by atoms with Gasteiger partial charge in [0, 0.05) is 17.6 Å².